The summed E-state index contributed by atoms with van der Waals surface area (Å²) < 4.78 is 5.82. The summed E-state index contributed by atoms with van der Waals surface area (Å²) >= 11 is 1.75. The molecule has 0 saturated heterocycles. The molecular weight excluding hydrogens is 228 g/mol. The monoisotopic (exact) mass is 242 g/mol. The lowest BCUT2D eigenvalue weighted by Gasteiger charge is -2.23. The molecule has 0 N–H and O–H groups in total. The van der Waals surface area contributed by atoms with E-state index in [9.17, 15) is 0 Å². The van der Waals surface area contributed by atoms with E-state index in [0.717, 1.165) is 6.42 Å². The zero-order valence-electron chi connectivity index (χ0n) is 9.50. The number of ether oxygens (including phenoxy) is 1. The van der Waals surface area contributed by atoms with Crippen molar-refractivity contribution >= 4 is 16.9 Å². The molecule has 0 bridgehead atoms. The molecule has 0 fully saturated rings. The molecule has 2 aromatic rings. The minimum absolute atomic E-state index is 0.205. The third-order valence-corrected chi connectivity index (χ3v) is 3.78. The summed E-state index contributed by atoms with van der Waals surface area (Å²) in [4.78, 5) is 0. The number of hydrogen-bond acceptors (Lipinski definition) is 2. The van der Waals surface area contributed by atoms with Crippen LogP contribution in [0.4, 0.5) is 0 Å². The highest BCUT2D eigenvalue weighted by atomic mass is 32.1. The van der Waals surface area contributed by atoms with Crippen LogP contribution in [0.25, 0.3) is 5.57 Å². The Labute approximate surface area is 105 Å². The Morgan fingerprint density at radius 3 is 2.76 bits per heavy atom. The molecule has 0 aliphatic carbocycles. The molecular formula is C15H14OS. The zero-order chi connectivity index (χ0) is 11.5. The first-order valence-electron chi connectivity index (χ1n) is 5.81. The quantitative estimate of drug-likeness (QED) is 0.763. The maximum atomic E-state index is 5.82. The van der Waals surface area contributed by atoms with Gasteiger partial charge in [-0.2, -0.15) is 11.3 Å². The second-order valence-corrected chi connectivity index (χ2v) is 4.96. The number of thiophene rings is 1. The standard InChI is InChI=1S/C15H14OS/c1-2-4-12(5-3-1)15-10-13(6-8-16-15)14-7-9-17-11-14/h1-7,9,11,15H,8,10H2. The van der Waals surface area contributed by atoms with Gasteiger partial charge in [0, 0.05) is 6.42 Å². The minimum Gasteiger partial charge on any atom is -0.369 e. The lowest BCUT2D eigenvalue weighted by atomic mass is 9.96. The van der Waals surface area contributed by atoms with E-state index in [1.165, 1.54) is 16.7 Å². The van der Waals surface area contributed by atoms with Crippen molar-refractivity contribution in [2.45, 2.75) is 12.5 Å². The molecule has 1 aliphatic heterocycles. The zero-order valence-corrected chi connectivity index (χ0v) is 10.3. The molecule has 0 amide bonds. The highest BCUT2D eigenvalue weighted by Crippen LogP contribution is 2.34. The summed E-state index contributed by atoms with van der Waals surface area (Å²) in [6.07, 6.45) is 3.37. The Hall–Kier alpha value is -1.38. The molecule has 1 unspecified atom stereocenters. The SMILES string of the molecule is C1=C(c2ccsc2)CC(c2ccccc2)OC1. The average molecular weight is 242 g/mol. The van der Waals surface area contributed by atoms with Gasteiger partial charge in [-0.1, -0.05) is 36.4 Å². The predicted molar refractivity (Wildman–Crippen MR) is 72.0 cm³/mol. The van der Waals surface area contributed by atoms with Crippen LogP contribution in [0, 0.1) is 0 Å². The summed E-state index contributed by atoms with van der Waals surface area (Å²) in [6, 6.07) is 12.6. The molecule has 1 nitrogen and oxygen atoms in total. The molecule has 0 radical (unpaired) electrons. The Kier molecular flexibility index (Phi) is 3.08. The fraction of sp³-hybridized carbons (Fsp3) is 0.200. The highest BCUT2D eigenvalue weighted by molar-refractivity contribution is 7.08. The summed E-state index contributed by atoms with van der Waals surface area (Å²) in [5, 5.41) is 4.34. The molecule has 0 spiro atoms. The van der Waals surface area contributed by atoms with Crippen molar-refractivity contribution in [1.82, 2.24) is 0 Å². The van der Waals surface area contributed by atoms with Crippen LogP contribution in [0.3, 0.4) is 0 Å². The van der Waals surface area contributed by atoms with Gasteiger partial charge in [-0.05, 0) is 33.5 Å². The van der Waals surface area contributed by atoms with Crippen molar-refractivity contribution in [1.29, 1.82) is 0 Å². The average Bonchev–Trinajstić information content (AvgIpc) is 2.94. The molecule has 2 heteroatoms. The smallest absolute Gasteiger partial charge is 0.0869 e. The third-order valence-electron chi connectivity index (χ3n) is 3.10. The molecule has 1 aromatic carbocycles. The minimum atomic E-state index is 0.205. The lowest BCUT2D eigenvalue weighted by molar-refractivity contribution is 0.0708. The van der Waals surface area contributed by atoms with E-state index in [-0.39, 0.29) is 6.10 Å². The van der Waals surface area contributed by atoms with Gasteiger partial charge in [-0.3, -0.25) is 0 Å². The van der Waals surface area contributed by atoms with E-state index in [1.807, 2.05) is 6.07 Å². The van der Waals surface area contributed by atoms with Gasteiger partial charge in [0.1, 0.15) is 0 Å². The fourth-order valence-electron chi connectivity index (χ4n) is 2.17. The van der Waals surface area contributed by atoms with Crippen LogP contribution in [-0.4, -0.2) is 6.61 Å². The van der Waals surface area contributed by atoms with Gasteiger partial charge in [0.05, 0.1) is 12.7 Å². The first kappa shape index (κ1) is 10.8. The number of benzene rings is 1. The normalized spacial score (nSPS) is 20.0. The summed E-state index contributed by atoms with van der Waals surface area (Å²) in [5.41, 5.74) is 4.03. The van der Waals surface area contributed by atoms with Crippen molar-refractivity contribution in [3.63, 3.8) is 0 Å². The molecule has 1 aromatic heterocycles. The van der Waals surface area contributed by atoms with Gasteiger partial charge < -0.3 is 4.74 Å². The van der Waals surface area contributed by atoms with Crippen LogP contribution in [0.1, 0.15) is 23.7 Å². The van der Waals surface area contributed by atoms with Crippen LogP contribution in [0.2, 0.25) is 0 Å². The van der Waals surface area contributed by atoms with E-state index >= 15 is 0 Å². The van der Waals surface area contributed by atoms with Crippen LogP contribution < -0.4 is 0 Å². The van der Waals surface area contributed by atoms with Crippen LogP contribution in [-0.2, 0) is 4.74 Å². The summed E-state index contributed by atoms with van der Waals surface area (Å²) in [5.74, 6) is 0. The van der Waals surface area contributed by atoms with Gasteiger partial charge in [0.2, 0.25) is 0 Å². The van der Waals surface area contributed by atoms with E-state index in [2.05, 4.69) is 47.2 Å². The van der Waals surface area contributed by atoms with Crippen LogP contribution in [0.5, 0.6) is 0 Å². The maximum absolute atomic E-state index is 5.82. The second-order valence-electron chi connectivity index (χ2n) is 4.18. The molecule has 0 saturated carbocycles. The van der Waals surface area contributed by atoms with E-state index in [0.29, 0.717) is 6.61 Å². The van der Waals surface area contributed by atoms with Crippen LogP contribution >= 0.6 is 11.3 Å². The molecule has 3 rings (SSSR count). The molecule has 86 valence electrons. The fourth-order valence-corrected chi connectivity index (χ4v) is 2.85. The highest BCUT2D eigenvalue weighted by Gasteiger charge is 2.18. The Morgan fingerprint density at radius 2 is 2.00 bits per heavy atom. The topological polar surface area (TPSA) is 9.23 Å². The van der Waals surface area contributed by atoms with E-state index in [4.69, 9.17) is 4.74 Å². The van der Waals surface area contributed by atoms with Gasteiger partial charge >= 0.3 is 0 Å². The van der Waals surface area contributed by atoms with Crippen molar-refractivity contribution in [3.05, 3.63) is 64.4 Å². The Morgan fingerprint density at radius 1 is 1.12 bits per heavy atom. The van der Waals surface area contributed by atoms with E-state index < -0.39 is 0 Å². The van der Waals surface area contributed by atoms with Crippen molar-refractivity contribution < 1.29 is 4.74 Å². The first-order valence-corrected chi connectivity index (χ1v) is 6.76. The third kappa shape index (κ3) is 2.33. The molecule has 2 heterocycles. The van der Waals surface area contributed by atoms with E-state index in [1.54, 1.807) is 11.3 Å². The molecule has 1 aliphatic rings. The maximum Gasteiger partial charge on any atom is 0.0869 e. The Balaban J connectivity index is 1.82. The largest absolute Gasteiger partial charge is 0.369 e. The van der Waals surface area contributed by atoms with Gasteiger partial charge in [-0.25, -0.2) is 0 Å². The summed E-state index contributed by atoms with van der Waals surface area (Å²) in [7, 11) is 0. The number of rotatable bonds is 2. The van der Waals surface area contributed by atoms with Crippen LogP contribution in [0.15, 0.2) is 53.2 Å². The van der Waals surface area contributed by atoms with Crippen molar-refractivity contribution in [3.8, 4) is 0 Å². The van der Waals surface area contributed by atoms with Gasteiger partial charge in [-0.15, -0.1) is 0 Å². The lowest BCUT2D eigenvalue weighted by Crippen LogP contribution is -2.10. The first-order chi connectivity index (χ1) is 8.43. The second kappa shape index (κ2) is 4.86. The predicted octanol–water partition coefficient (Wildman–Crippen LogP) is 4.29. The van der Waals surface area contributed by atoms with Crippen molar-refractivity contribution in [2.75, 3.05) is 6.61 Å². The van der Waals surface area contributed by atoms with Crippen molar-refractivity contribution in [2.24, 2.45) is 0 Å². The van der Waals surface area contributed by atoms with Gasteiger partial charge in [0.25, 0.3) is 0 Å². The molecule has 17 heavy (non-hydrogen) atoms. The molecule has 1 atom stereocenters. The summed E-state index contributed by atoms with van der Waals surface area (Å²) in [6.45, 7) is 0.713. The Bertz CT molecular complexity index is 499. The van der Waals surface area contributed by atoms with Gasteiger partial charge in [0.15, 0.2) is 0 Å². The number of hydrogen-bond donors (Lipinski definition) is 0.